The van der Waals surface area contributed by atoms with Crippen molar-refractivity contribution in [1.82, 2.24) is 15.3 Å². The molecule has 96 valence electrons. The molecule has 1 saturated carbocycles. The minimum atomic E-state index is 0.266. The van der Waals surface area contributed by atoms with Crippen LogP contribution in [0, 0.1) is 5.41 Å². The molecular weight excluding hydrogens is 214 g/mol. The van der Waals surface area contributed by atoms with Crippen molar-refractivity contribution < 1.29 is 4.74 Å². The maximum Gasteiger partial charge on any atom is 0.120 e. The van der Waals surface area contributed by atoms with Gasteiger partial charge >= 0.3 is 0 Å². The number of nitrogens with one attached hydrogen (secondary N) is 2. The summed E-state index contributed by atoms with van der Waals surface area (Å²) in [5.74, 6) is 1.00. The van der Waals surface area contributed by atoms with Crippen molar-refractivity contribution in [2.24, 2.45) is 5.41 Å². The van der Waals surface area contributed by atoms with Crippen molar-refractivity contribution in [2.75, 3.05) is 6.61 Å². The van der Waals surface area contributed by atoms with Crippen LogP contribution in [0.1, 0.15) is 39.4 Å². The zero-order chi connectivity index (χ0) is 12.3. The van der Waals surface area contributed by atoms with Crippen LogP contribution >= 0.6 is 0 Å². The van der Waals surface area contributed by atoms with Gasteiger partial charge in [0.15, 0.2) is 0 Å². The van der Waals surface area contributed by atoms with Gasteiger partial charge in [-0.15, -0.1) is 0 Å². The SMILES string of the molecule is CCOC1CC(NCc2ncc[nH]2)C1(C)CC. The molecule has 1 fully saturated rings. The van der Waals surface area contributed by atoms with Gasteiger partial charge in [-0.2, -0.15) is 0 Å². The van der Waals surface area contributed by atoms with Crippen molar-refractivity contribution in [1.29, 1.82) is 0 Å². The van der Waals surface area contributed by atoms with E-state index < -0.39 is 0 Å². The fraction of sp³-hybridized carbons (Fsp3) is 0.769. The minimum Gasteiger partial charge on any atom is -0.378 e. The number of nitrogens with zero attached hydrogens (tertiary/aromatic N) is 1. The quantitative estimate of drug-likeness (QED) is 0.796. The summed E-state index contributed by atoms with van der Waals surface area (Å²) < 4.78 is 5.79. The number of hydrogen-bond acceptors (Lipinski definition) is 3. The molecular formula is C13H23N3O. The molecule has 0 aromatic carbocycles. The Morgan fingerprint density at radius 3 is 3.00 bits per heavy atom. The summed E-state index contributed by atoms with van der Waals surface area (Å²) in [6.07, 6.45) is 6.32. The molecule has 1 aromatic heterocycles. The zero-order valence-electron chi connectivity index (χ0n) is 11.0. The Bertz CT molecular complexity index is 338. The van der Waals surface area contributed by atoms with Crippen LogP contribution in [0.15, 0.2) is 12.4 Å². The lowest BCUT2D eigenvalue weighted by Gasteiger charge is -2.53. The number of ether oxygens (including phenoxy) is 1. The summed E-state index contributed by atoms with van der Waals surface area (Å²) in [6, 6.07) is 0.536. The molecule has 0 amide bonds. The van der Waals surface area contributed by atoms with Gasteiger partial charge in [0.25, 0.3) is 0 Å². The van der Waals surface area contributed by atoms with Crippen LogP contribution in [0.25, 0.3) is 0 Å². The average molecular weight is 237 g/mol. The molecule has 2 rings (SSSR count). The Hall–Kier alpha value is -0.870. The molecule has 3 atom stereocenters. The third-order valence-corrected chi connectivity index (χ3v) is 4.18. The molecule has 0 spiro atoms. The van der Waals surface area contributed by atoms with Gasteiger partial charge in [0, 0.05) is 30.5 Å². The van der Waals surface area contributed by atoms with Gasteiger partial charge in [-0.25, -0.2) is 4.98 Å². The van der Waals surface area contributed by atoms with Gasteiger partial charge in [0.1, 0.15) is 5.82 Å². The van der Waals surface area contributed by atoms with E-state index >= 15 is 0 Å². The number of aromatic nitrogens is 2. The molecule has 0 radical (unpaired) electrons. The molecule has 0 aliphatic heterocycles. The van der Waals surface area contributed by atoms with Crippen molar-refractivity contribution in [3.8, 4) is 0 Å². The monoisotopic (exact) mass is 237 g/mol. The first kappa shape index (κ1) is 12.6. The summed E-state index contributed by atoms with van der Waals surface area (Å²) in [4.78, 5) is 7.34. The molecule has 1 heterocycles. The summed E-state index contributed by atoms with van der Waals surface area (Å²) in [6.45, 7) is 8.25. The molecule has 2 N–H and O–H groups in total. The van der Waals surface area contributed by atoms with E-state index in [0.29, 0.717) is 12.1 Å². The second-order valence-corrected chi connectivity index (χ2v) is 5.01. The van der Waals surface area contributed by atoms with Crippen LogP contribution in [-0.4, -0.2) is 28.7 Å². The molecule has 4 heteroatoms. The average Bonchev–Trinajstić information content (AvgIpc) is 2.84. The van der Waals surface area contributed by atoms with Crippen LogP contribution in [0.5, 0.6) is 0 Å². The molecule has 1 aliphatic rings. The van der Waals surface area contributed by atoms with Crippen LogP contribution in [0.2, 0.25) is 0 Å². The molecule has 17 heavy (non-hydrogen) atoms. The highest BCUT2D eigenvalue weighted by Gasteiger charge is 2.50. The maximum absolute atomic E-state index is 5.79. The van der Waals surface area contributed by atoms with Crippen molar-refractivity contribution in [3.63, 3.8) is 0 Å². The number of imidazole rings is 1. The van der Waals surface area contributed by atoms with Crippen LogP contribution in [0.4, 0.5) is 0 Å². The van der Waals surface area contributed by atoms with E-state index in [1.807, 2.05) is 6.20 Å². The number of hydrogen-bond donors (Lipinski definition) is 2. The first-order valence-electron chi connectivity index (χ1n) is 6.54. The summed E-state index contributed by atoms with van der Waals surface area (Å²) in [5.41, 5.74) is 0.266. The van der Waals surface area contributed by atoms with Crippen LogP contribution in [-0.2, 0) is 11.3 Å². The third kappa shape index (κ3) is 2.38. The second kappa shape index (κ2) is 5.19. The van der Waals surface area contributed by atoms with E-state index in [0.717, 1.165) is 31.8 Å². The van der Waals surface area contributed by atoms with Gasteiger partial charge < -0.3 is 15.0 Å². The predicted octanol–water partition coefficient (Wildman–Crippen LogP) is 2.09. The Labute approximate surface area is 103 Å². The zero-order valence-corrected chi connectivity index (χ0v) is 11.0. The third-order valence-electron chi connectivity index (χ3n) is 4.18. The van der Waals surface area contributed by atoms with Gasteiger partial charge in [-0.3, -0.25) is 0 Å². The van der Waals surface area contributed by atoms with Gasteiger partial charge in [-0.1, -0.05) is 13.8 Å². The largest absolute Gasteiger partial charge is 0.378 e. The standard InChI is InChI=1S/C13H23N3O/c1-4-13(3)10(8-11(13)17-5-2)16-9-12-14-6-7-15-12/h6-7,10-11,16H,4-5,8-9H2,1-3H3,(H,14,15). The minimum absolute atomic E-state index is 0.266. The van der Waals surface area contributed by atoms with Gasteiger partial charge in [-0.05, 0) is 19.8 Å². The Morgan fingerprint density at radius 2 is 2.41 bits per heavy atom. The highest BCUT2D eigenvalue weighted by atomic mass is 16.5. The van der Waals surface area contributed by atoms with E-state index in [4.69, 9.17) is 4.74 Å². The highest BCUT2D eigenvalue weighted by Crippen LogP contribution is 2.45. The maximum atomic E-state index is 5.79. The predicted molar refractivity (Wildman–Crippen MR) is 67.6 cm³/mol. The van der Waals surface area contributed by atoms with Crippen molar-refractivity contribution >= 4 is 0 Å². The highest BCUT2D eigenvalue weighted by molar-refractivity contribution is 5.05. The number of rotatable bonds is 6. The van der Waals surface area contributed by atoms with E-state index in [1.165, 1.54) is 0 Å². The fourth-order valence-corrected chi connectivity index (χ4v) is 2.68. The Morgan fingerprint density at radius 1 is 1.59 bits per heavy atom. The van der Waals surface area contributed by atoms with E-state index in [1.54, 1.807) is 6.20 Å². The Balaban J connectivity index is 1.86. The number of H-pyrrole nitrogens is 1. The fourth-order valence-electron chi connectivity index (χ4n) is 2.68. The van der Waals surface area contributed by atoms with E-state index in [2.05, 4.69) is 36.1 Å². The molecule has 4 nitrogen and oxygen atoms in total. The van der Waals surface area contributed by atoms with Gasteiger partial charge in [0.05, 0.1) is 12.6 Å². The summed E-state index contributed by atoms with van der Waals surface area (Å²) in [5, 5.41) is 3.58. The van der Waals surface area contributed by atoms with Crippen LogP contribution in [0.3, 0.4) is 0 Å². The normalized spacial score (nSPS) is 32.4. The topological polar surface area (TPSA) is 49.9 Å². The van der Waals surface area contributed by atoms with E-state index in [9.17, 15) is 0 Å². The lowest BCUT2D eigenvalue weighted by Crippen LogP contribution is -2.62. The summed E-state index contributed by atoms with van der Waals surface area (Å²) >= 11 is 0. The van der Waals surface area contributed by atoms with E-state index in [-0.39, 0.29) is 5.41 Å². The molecule has 1 aromatic rings. The summed E-state index contributed by atoms with van der Waals surface area (Å²) in [7, 11) is 0. The number of aromatic amines is 1. The van der Waals surface area contributed by atoms with Crippen molar-refractivity contribution in [2.45, 2.75) is 52.3 Å². The van der Waals surface area contributed by atoms with Gasteiger partial charge in [0.2, 0.25) is 0 Å². The first-order chi connectivity index (χ1) is 8.20. The first-order valence-corrected chi connectivity index (χ1v) is 6.54. The lowest BCUT2D eigenvalue weighted by molar-refractivity contribution is -0.126. The lowest BCUT2D eigenvalue weighted by atomic mass is 9.61. The second-order valence-electron chi connectivity index (χ2n) is 5.01. The molecule has 0 saturated heterocycles. The molecule has 0 bridgehead atoms. The Kier molecular flexibility index (Phi) is 3.84. The molecule has 1 aliphatic carbocycles. The van der Waals surface area contributed by atoms with Crippen molar-refractivity contribution in [3.05, 3.63) is 18.2 Å². The molecule has 3 unspecified atom stereocenters. The smallest absolute Gasteiger partial charge is 0.120 e. The van der Waals surface area contributed by atoms with Crippen LogP contribution < -0.4 is 5.32 Å².